The Bertz CT molecular complexity index is 798. The van der Waals surface area contributed by atoms with Crippen molar-refractivity contribution in [2.75, 3.05) is 6.54 Å². The van der Waals surface area contributed by atoms with Crippen molar-refractivity contribution in [1.82, 2.24) is 9.47 Å². The minimum atomic E-state index is -0.983. The summed E-state index contributed by atoms with van der Waals surface area (Å²) in [6, 6.07) is 5.38. The second-order valence-corrected chi connectivity index (χ2v) is 5.53. The summed E-state index contributed by atoms with van der Waals surface area (Å²) in [5, 5.41) is 20.6. The molecule has 3 rings (SSSR count). The van der Waals surface area contributed by atoms with Gasteiger partial charge in [-0.25, -0.2) is 4.79 Å². The Morgan fingerprint density at radius 1 is 1.35 bits per heavy atom. The number of carbonyl (C=O) groups excluding carboxylic acids is 1. The molecule has 0 radical (unpaired) electrons. The number of carboxylic acid groups (broad SMARTS) is 1. The number of nitro benzene ring substituents is 1. The molecule has 2 heterocycles. The van der Waals surface area contributed by atoms with Gasteiger partial charge in [0.25, 0.3) is 5.69 Å². The Morgan fingerprint density at radius 2 is 2.13 bits per heavy atom. The molecule has 1 aliphatic heterocycles. The number of likely N-dealkylation sites (tertiary alicyclic amines) is 1. The second-order valence-electron chi connectivity index (χ2n) is 5.53. The Morgan fingerprint density at radius 3 is 2.83 bits per heavy atom. The average Bonchev–Trinajstić information content (AvgIpc) is 3.13. The highest BCUT2D eigenvalue weighted by molar-refractivity contribution is 5.87. The maximum absolute atomic E-state index is 12.4. The molecular weight excluding hydrogens is 302 g/mol. The molecule has 1 amide bonds. The number of nitrogens with zero attached hydrogens (tertiary/aromatic N) is 3. The number of aromatic nitrogens is 1. The Labute approximate surface area is 131 Å². The molecule has 1 aromatic heterocycles. The monoisotopic (exact) mass is 317 g/mol. The van der Waals surface area contributed by atoms with E-state index in [2.05, 4.69) is 0 Å². The van der Waals surface area contributed by atoms with Gasteiger partial charge in [0, 0.05) is 35.8 Å². The number of benzene rings is 1. The number of aliphatic carboxylic acids is 1. The first kappa shape index (κ1) is 15.0. The van der Waals surface area contributed by atoms with Crippen molar-refractivity contribution >= 4 is 28.5 Å². The molecule has 1 unspecified atom stereocenters. The lowest BCUT2D eigenvalue weighted by atomic mass is 10.2. The molecule has 8 heteroatoms. The van der Waals surface area contributed by atoms with Crippen molar-refractivity contribution in [3.8, 4) is 0 Å². The maximum atomic E-state index is 12.4. The molecule has 0 bridgehead atoms. The highest BCUT2D eigenvalue weighted by Crippen LogP contribution is 2.23. The van der Waals surface area contributed by atoms with Gasteiger partial charge in [-0.15, -0.1) is 0 Å². The third kappa shape index (κ3) is 2.75. The zero-order chi connectivity index (χ0) is 16.6. The minimum absolute atomic E-state index is 0.00735. The maximum Gasteiger partial charge on any atom is 0.326 e. The SMILES string of the molecule is O=C(O)C1CCCN1C(=O)Cn1ccc2cc([N+](=O)[O-])ccc21. The fourth-order valence-electron chi connectivity index (χ4n) is 3.00. The lowest BCUT2D eigenvalue weighted by Gasteiger charge is -2.21. The quantitative estimate of drug-likeness (QED) is 0.681. The lowest BCUT2D eigenvalue weighted by Crippen LogP contribution is -2.41. The molecule has 120 valence electrons. The molecule has 0 aliphatic carbocycles. The largest absolute Gasteiger partial charge is 0.480 e. The van der Waals surface area contributed by atoms with Gasteiger partial charge < -0.3 is 14.6 Å². The summed E-state index contributed by atoms with van der Waals surface area (Å²) in [7, 11) is 0. The van der Waals surface area contributed by atoms with Gasteiger partial charge in [0.2, 0.25) is 5.91 Å². The van der Waals surface area contributed by atoms with Gasteiger partial charge in [0.15, 0.2) is 0 Å². The van der Waals surface area contributed by atoms with Gasteiger partial charge in [-0.05, 0) is 25.0 Å². The summed E-state index contributed by atoms with van der Waals surface area (Å²) >= 11 is 0. The second kappa shape index (κ2) is 5.71. The van der Waals surface area contributed by atoms with Crippen LogP contribution in [0.1, 0.15) is 12.8 Å². The van der Waals surface area contributed by atoms with Crippen LogP contribution in [0.25, 0.3) is 10.9 Å². The van der Waals surface area contributed by atoms with Crippen LogP contribution in [0.15, 0.2) is 30.5 Å². The van der Waals surface area contributed by atoms with Crippen LogP contribution >= 0.6 is 0 Å². The zero-order valence-electron chi connectivity index (χ0n) is 12.2. The van der Waals surface area contributed by atoms with Crippen LogP contribution in [-0.4, -0.2) is 44.0 Å². The fraction of sp³-hybridized carbons (Fsp3) is 0.333. The highest BCUT2D eigenvalue weighted by Gasteiger charge is 2.33. The number of nitro groups is 1. The predicted molar refractivity (Wildman–Crippen MR) is 81.0 cm³/mol. The van der Waals surface area contributed by atoms with Gasteiger partial charge in [-0.2, -0.15) is 0 Å². The lowest BCUT2D eigenvalue weighted by molar-refractivity contribution is -0.384. The molecule has 1 aromatic carbocycles. The van der Waals surface area contributed by atoms with Crippen LogP contribution in [-0.2, 0) is 16.1 Å². The minimum Gasteiger partial charge on any atom is -0.480 e. The van der Waals surface area contributed by atoms with Crippen LogP contribution in [0, 0.1) is 10.1 Å². The number of hydrogen-bond donors (Lipinski definition) is 1. The Balaban J connectivity index is 1.83. The van der Waals surface area contributed by atoms with E-state index >= 15 is 0 Å². The van der Waals surface area contributed by atoms with Crippen molar-refractivity contribution in [3.05, 3.63) is 40.6 Å². The summed E-state index contributed by atoms with van der Waals surface area (Å²) in [6.45, 7) is 0.464. The molecule has 23 heavy (non-hydrogen) atoms. The van der Waals surface area contributed by atoms with Gasteiger partial charge >= 0.3 is 5.97 Å². The summed E-state index contributed by atoms with van der Waals surface area (Å²) in [5.74, 6) is -1.24. The van der Waals surface area contributed by atoms with Gasteiger partial charge in [0.05, 0.1) is 4.92 Å². The summed E-state index contributed by atoms with van der Waals surface area (Å²) in [4.78, 5) is 35.3. The van der Waals surface area contributed by atoms with E-state index in [1.165, 1.54) is 17.0 Å². The summed E-state index contributed by atoms with van der Waals surface area (Å²) in [6.07, 6.45) is 2.83. The Hall–Kier alpha value is -2.90. The van der Waals surface area contributed by atoms with E-state index < -0.39 is 16.9 Å². The van der Waals surface area contributed by atoms with E-state index in [1.54, 1.807) is 22.9 Å². The zero-order valence-corrected chi connectivity index (χ0v) is 12.2. The van der Waals surface area contributed by atoms with Crippen molar-refractivity contribution in [2.24, 2.45) is 0 Å². The number of carbonyl (C=O) groups is 2. The van der Waals surface area contributed by atoms with E-state index in [0.29, 0.717) is 30.3 Å². The van der Waals surface area contributed by atoms with Gasteiger partial charge in [0.1, 0.15) is 12.6 Å². The first-order chi connectivity index (χ1) is 11.0. The van der Waals surface area contributed by atoms with Crippen molar-refractivity contribution < 1.29 is 19.6 Å². The molecule has 2 aromatic rings. The van der Waals surface area contributed by atoms with E-state index in [4.69, 9.17) is 5.11 Å². The molecule has 0 saturated carbocycles. The van der Waals surface area contributed by atoms with Crippen LogP contribution in [0.3, 0.4) is 0 Å². The number of hydrogen-bond acceptors (Lipinski definition) is 4. The molecule has 1 N–H and O–H groups in total. The first-order valence-electron chi connectivity index (χ1n) is 7.23. The third-order valence-corrected chi connectivity index (χ3v) is 4.13. The van der Waals surface area contributed by atoms with E-state index in [9.17, 15) is 19.7 Å². The first-order valence-corrected chi connectivity index (χ1v) is 7.23. The van der Waals surface area contributed by atoms with Crippen LogP contribution in [0.4, 0.5) is 5.69 Å². The van der Waals surface area contributed by atoms with Crippen molar-refractivity contribution in [3.63, 3.8) is 0 Å². The molecule has 1 atom stereocenters. The number of fused-ring (bicyclic) bond motifs is 1. The number of non-ortho nitro benzene ring substituents is 1. The standard InChI is InChI=1S/C15H15N3O5/c19-14(17-6-1-2-13(17)15(20)21)9-16-7-5-10-8-11(18(22)23)3-4-12(10)16/h3-5,7-8,13H,1-2,6,9H2,(H,20,21). The van der Waals surface area contributed by atoms with Crippen LogP contribution < -0.4 is 0 Å². The van der Waals surface area contributed by atoms with Crippen molar-refractivity contribution in [2.45, 2.75) is 25.4 Å². The molecule has 1 saturated heterocycles. The highest BCUT2D eigenvalue weighted by atomic mass is 16.6. The van der Waals surface area contributed by atoms with Crippen LogP contribution in [0.5, 0.6) is 0 Å². The summed E-state index contributed by atoms with van der Waals surface area (Å²) in [5.41, 5.74) is 0.696. The number of carboxylic acids is 1. The van der Waals surface area contributed by atoms with E-state index in [0.717, 1.165) is 0 Å². The molecular formula is C15H15N3O5. The summed E-state index contributed by atoms with van der Waals surface area (Å²) < 4.78 is 1.68. The van der Waals surface area contributed by atoms with Crippen molar-refractivity contribution in [1.29, 1.82) is 0 Å². The predicted octanol–water partition coefficient (Wildman–Crippen LogP) is 1.63. The topological polar surface area (TPSA) is 106 Å². The average molecular weight is 317 g/mol. The van der Waals surface area contributed by atoms with E-state index in [1.807, 2.05) is 0 Å². The van der Waals surface area contributed by atoms with Gasteiger partial charge in [-0.1, -0.05) is 0 Å². The normalized spacial score (nSPS) is 17.6. The van der Waals surface area contributed by atoms with Gasteiger partial charge in [-0.3, -0.25) is 14.9 Å². The molecule has 1 fully saturated rings. The third-order valence-electron chi connectivity index (χ3n) is 4.13. The smallest absolute Gasteiger partial charge is 0.326 e. The fourth-order valence-corrected chi connectivity index (χ4v) is 3.00. The molecule has 0 spiro atoms. The Kier molecular flexibility index (Phi) is 3.73. The molecule has 8 nitrogen and oxygen atoms in total. The number of rotatable bonds is 4. The van der Waals surface area contributed by atoms with E-state index in [-0.39, 0.29) is 18.1 Å². The van der Waals surface area contributed by atoms with Crippen LogP contribution in [0.2, 0.25) is 0 Å². The molecule has 1 aliphatic rings. The number of amides is 1.